The van der Waals surface area contributed by atoms with Crippen molar-refractivity contribution < 1.29 is 116 Å². The van der Waals surface area contributed by atoms with Gasteiger partial charge < -0.3 is 122 Å². The maximum Gasteiger partial charge on any atom is 3.00 e. The fourth-order valence-electron chi connectivity index (χ4n) is 11.4. The Morgan fingerprint density at radius 2 is 0.921 bits per heavy atom. The van der Waals surface area contributed by atoms with E-state index in [-0.39, 0.29) is 194 Å². The molecule has 0 unspecified atom stereocenters. The van der Waals surface area contributed by atoms with Crippen molar-refractivity contribution in [1.82, 2.24) is 67.1 Å². The van der Waals surface area contributed by atoms with E-state index in [1.807, 2.05) is 0 Å². The van der Waals surface area contributed by atoms with Crippen molar-refractivity contribution in [2.75, 3.05) is 183 Å². The molecule has 114 heavy (non-hydrogen) atoms. The second-order valence-electron chi connectivity index (χ2n) is 26.3. The minimum atomic E-state index is -1.73. The average Bonchev–Trinajstić information content (AvgIpc) is 1.66. The van der Waals surface area contributed by atoms with E-state index in [0.29, 0.717) is 54.0 Å². The summed E-state index contributed by atoms with van der Waals surface area (Å²) < 4.78 is 33.2. The smallest absolute Gasteiger partial charge is 0.549 e. The van der Waals surface area contributed by atoms with Gasteiger partial charge in [-0.1, -0.05) is 60.7 Å². The second kappa shape index (κ2) is 55.4. The Labute approximate surface area is 683 Å². The first kappa shape index (κ1) is 97.3. The van der Waals surface area contributed by atoms with Gasteiger partial charge in [0.05, 0.1) is 117 Å². The molecule has 0 aliphatic carbocycles. The largest absolute Gasteiger partial charge is 3.00 e. The number of benzene rings is 3. The quantitative estimate of drug-likeness (QED) is 0.0183. The molecule has 38 nitrogen and oxygen atoms in total. The Kier molecular flexibility index (Phi) is 47.3. The van der Waals surface area contributed by atoms with E-state index in [0.717, 1.165) is 0 Å². The zero-order chi connectivity index (χ0) is 82.3. The second-order valence-corrected chi connectivity index (χ2v) is 27.3. The van der Waals surface area contributed by atoms with Crippen molar-refractivity contribution in [1.29, 1.82) is 0 Å². The standard InChI is InChI=1S/C74H108N14O24S.In/c1-50(79-62(90)16-27-107-29-31-109-33-35-111-37-38-112-36-34-110-32-30-108-28-18-76-64(92)46-85-19-21-86(47-66(95)96)23-25-88(49-68(99)100)26-24-87(22-20-85)48-67(97)98)70(102)83-59(41-52-12-14-54(89)15-13-52)71(103)78-45-63(91)80-60(42-53-44-77-56-11-7-6-10-55(53)56)73(105)81-57(17-39-113-2)72(104)84-61(43-65(93)94)74(106)82-58(69(75)101)40-51-8-4-3-5-9-51;/h3-15,44,50,57-61,77,89H,16-43,45-49H2,1-2H3,(H2,75,101)(H,76,92)(H,78,103)(H,79,90)(H,80,91)(H,81,105)(H,82,106)(H,83,102)(H,84,104)(H,93,94)(H,95,96)(H,97,98)(H,99,100);/q;+3/p-3/t50-,57-,58-,59-,60-,61-;/m0./s1/i;1-4. The van der Waals surface area contributed by atoms with Gasteiger partial charge in [0.2, 0.25) is 53.2 Å². The van der Waals surface area contributed by atoms with E-state index in [1.54, 1.807) is 86.6 Å². The summed E-state index contributed by atoms with van der Waals surface area (Å²) in [7, 11) is 0. The van der Waals surface area contributed by atoms with Crippen LogP contribution in [0.5, 0.6) is 5.75 Å². The van der Waals surface area contributed by atoms with Crippen LogP contribution in [0.4, 0.5) is 0 Å². The summed E-state index contributed by atoms with van der Waals surface area (Å²) in [5.41, 5.74) is 8.02. The maximum atomic E-state index is 14.5. The van der Waals surface area contributed by atoms with E-state index >= 15 is 0 Å². The molecule has 0 spiro atoms. The summed E-state index contributed by atoms with van der Waals surface area (Å²) in [6.45, 7) is 4.00. The number of carbonyl (C=O) groups excluding carboxylic acids is 12. The number of aliphatic carboxylic acids is 4. The molecule has 0 saturated carbocycles. The first-order chi connectivity index (χ1) is 54.2. The number of nitrogens with zero attached hydrogens (tertiary/aromatic N) is 4. The Morgan fingerprint density at radius 1 is 0.482 bits per heavy atom. The van der Waals surface area contributed by atoms with Crippen molar-refractivity contribution in [3.05, 3.63) is 102 Å². The molecule has 6 atom stereocenters. The molecule has 624 valence electrons. The Hall–Kier alpha value is -9.07. The number of H-pyrrole nitrogens is 1. The SMILES string of the molecule is CSCC[C@H](NC(=O)[C@H](Cc1c[nH]c2ccccc12)NC(=O)CNC(=O)[C@H](Cc1ccc(O)cc1)NC(=O)[C@H](C)NC(=O)CCOCCOCCOCCOCCOCCOCCNC(=O)CN1CCN(CC(=O)[O-])CCN(CC(=O)[O-])CCN(CC(=O)[O-])CC1)C(=O)N[C@@H](CC(=O)O)C(=O)N[C@@H](Cc1ccccc1)C(N)=O.[111In+3]. The number of phenols is 1. The Balaban J connectivity index is 0.0000274. The van der Waals surface area contributed by atoms with Crippen molar-refractivity contribution in [3.63, 3.8) is 0 Å². The molecular formula is C74H105InN14O24S. The van der Waals surface area contributed by atoms with Crippen LogP contribution in [0.3, 0.4) is 0 Å². The van der Waals surface area contributed by atoms with Gasteiger partial charge in [0, 0.05) is 121 Å². The van der Waals surface area contributed by atoms with Crippen LogP contribution in [0.25, 0.3) is 10.9 Å². The van der Waals surface area contributed by atoms with E-state index in [1.165, 1.54) is 43.0 Å². The number of nitrogens with two attached hydrogens (primary N) is 1. The molecular weight excluding hydrogens is 1610 g/mol. The number of phenolic OH excluding ortho intramolecular Hbond substituents is 1. The van der Waals surface area contributed by atoms with Crippen LogP contribution in [0.2, 0.25) is 0 Å². The predicted molar refractivity (Wildman–Crippen MR) is 408 cm³/mol. The van der Waals surface area contributed by atoms with Crippen LogP contribution >= 0.6 is 11.8 Å². The van der Waals surface area contributed by atoms with Gasteiger partial charge in [0.1, 0.15) is 42.0 Å². The summed E-state index contributed by atoms with van der Waals surface area (Å²) in [4.78, 5) is 178. The number of carbonyl (C=O) groups is 13. The molecule has 1 aliphatic heterocycles. The molecule has 40 heteroatoms. The number of fused-ring (bicyclic) bond motifs is 1. The van der Waals surface area contributed by atoms with Gasteiger partial charge >= 0.3 is 31.8 Å². The minimum Gasteiger partial charge on any atom is -0.549 e. The first-order valence-corrected chi connectivity index (χ1v) is 38.3. The van der Waals surface area contributed by atoms with Gasteiger partial charge in [0.15, 0.2) is 0 Å². The maximum absolute atomic E-state index is 14.5. The number of carboxylic acids is 4. The number of para-hydroxylation sites is 1. The number of ether oxygens (including phenoxy) is 6. The van der Waals surface area contributed by atoms with E-state index in [2.05, 4.69) is 47.5 Å². The first-order valence-electron chi connectivity index (χ1n) is 36.9. The third-order valence-corrected chi connectivity index (χ3v) is 18.1. The predicted octanol–water partition coefficient (Wildman–Crippen LogP) is -7.64. The minimum absolute atomic E-state index is 0. The molecule has 2 heterocycles. The average molecular weight is 1720 g/mol. The van der Waals surface area contributed by atoms with Crippen LogP contribution in [-0.4, -0.2) is 357 Å². The van der Waals surface area contributed by atoms with Crippen LogP contribution in [-0.2, 0) is 110 Å². The van der Waals surface area contributed by atoms with Crippen LogP contribution in [0, 0.1) is 0 Å². The summed E-state index contributed by atoms with van der Waals surface area (Å²) in [6.07, 6.45) is 1.98. The fraction of sp³-hybridized carbons (Fsp3) is 0.554. The van der Waals surface area contributed by atoms with Crippen molar-refractivity contribution in [2.24, 2.45) is 5.73 Å². The molecule has 1 fully saturated rings. The van der Waals surface area contributed by atoms with Crippen LogP contribution < -0.4 is 63.6 Å². The topological polar surface area (TPSA) is 538 Å². The number of aromatic nitrogens is 1. The number of hydrogen-bond donors (Lipinski definition) is 12. The number of rotatable bonds is 54. The molecule has 1 saturated heterocycles. The number of aromatic hydroxyl groups is 1. The molecule has 1 aromatic heterocycles. The third-order valence-electron chi connectivity index (χ3n) is 17.4. The summed E-state index contributed by atoms with van der Waals surface area (Å²) in [6, 6.07) is 13.1. The third kappa shape index (κ3) is 40.8. The van der Waals surface area contributed by atoms with Gasteiger partial charge in [-0.05, 0) is 60.2 Å². The summed E-state index contributed by atoms with van der Waals surface area (Å²) >= 11 is 1.32. The molecule has 0 radical (unpaired) electrons. The number of carboxylic acid groups (broad SMARTS) is 4. The van der Waals surface area contributed by atoms with Crippen molar-refractivity contribution >= 4 is 126 Å². The number of hydrogen-bond acceptors (Lipinski definition) is 28. The van der Waals surface area contributed by atoms with Gasteiger partial charge in [-0.3, -0.25) is 67.5 Å². The molecule has 1 aliphatic rings. The molecule has 13 N–H and O–H groups in total. The number of primary amides is 1. The normalized spacial score (nSPS) is 14.8. The number of amides is 9. The molecule has 9 amide bonds. The van der Waals surface area contributed by atoms with Gasteiger partial charge in [-0.2, -0.15) is 11.8 Å². The van der Waals surface area contributed by atoms with Gasteiger partial charge in [0.25, 0.3) is 0 Å². The monoisotopic (exact) mass is 1720 g/mol. The zero-order valence-corrected chi connectivity index (χ0v) is 68.2. The molecule has 0 bridgehead atoms. The van der Waals surface area contributed by atoms with Gasteiger partial charge in [-0.15, -0.1) is 0 Å². The van der Waals surface area contributed by atoms with E-state index in [9.17, 15) is 87.9 Å². The van der Waals surface area contributed by atoms with Crippen LogP contribution in [0.15, 0.2) is 85.1 Å². The number of thioether (sulfide) groups is 1. The van der Waals surface area contributed by atoms with Crippen molar-refractivity contribution in [3.8, 4) is 5.75 Å². The number of nitrogens with one attached hydrogen (secondary N) is 9. The van der Waals surface area contributed by atoms with Crippen LogP contribution in [0.1, 0.15) is 42.9 Å². The van der Waals surface area contributed by atoms with Gasteiger partial charge in [-0.25, -0.2) is 0 Å². The molecule has 4 aromatic rings. The zero-order valence-electron chi connectivity index (χ0n) is 64.1. The summed E-state index contributed by atoms with van der Waals surface area (Å²) in [5, 5.41) is 75.3. The van der Waals surface area contributed by atoms with E-state index in [4.69, 9.17) is 34.2 Å². The van der Waals surface area contributed by atoms with E-state index < -0.39 is 140 Å². The number of aromatic amines is 1. The Bertz CT molecular complexity index is 3630. The molecule has 5 rings (SSSR count). The van der Waals surface area contributed by atoms with Crippen molar-refractivity contribution in [2.45, 2.75) is 81.7 Å². The molecule has 3 aromatic carbocycles. The summed E-state index contributed by atoms with van der Waals surface area (Å²) in [5.74, 6) is -12.3. The fourth-order valence-corrected chi connectivity index (χ4v) is 11.9. The Morgan fingerprint density at radius 3 is 1.44 bits per heavy atom.